The molecule has 0 radical (unpaired) electrons. The molecule has 0 spiro atoms. The molecule has 0 aromatic heterocycles. The van der Waals surface area contributed by atoms with E-state index in [9.17, 15) is 0 Å². The SMILES string of the molecule is C[C](C)(C)[Ge]12[O][Ge]3([C](C)(C)C)[O][Ge]([C](C)(C)C)([O]1)[O][Ge]1([C](C)(C)C)[O][Ge]([C](C)(C)C)([O][Ge]([C](C)(C)C)([O]1)[O]3)[O]2. The molecule has 6 bridgehead atoms. The van der Waals surface area contributed by atoms with E-state index < -0.39 is 111 Å². The van der Waals surface area contributed by atoms with E-state index in [0.29, 0.717) is 0 Å². The Morgan fingerprint density at radius 1 is 0.205 bits per heavy atom. The van der Waals surface area contributed by atoms with Crippen LogP contribution < -0.4 is 0 Å². The summed E-state index contributed by atoms with van der Waals surface area (Å²) in [7, 11) is 0. The van der Waals surface area contributed by atoms with Gasteiger partial charge in [-0.1, -0.05) is 0 Å². The molecular weight excluding hydrogens is 868 g/mol. The molecule has 39 heavy (non-hydrogen) atoms. The van der Waals surface area contributed by atoms with Crippen molar-refractivity contribution >= 4 is 85.7 Å². The minimum atomic E-state index is -4.36. The first-order chi connectivity index (χ1) is 16.9. The Hall–Kier alpha value is 2.90. The molecule has 0 N–H and O–H groups in total. The van der Waals surface area contributed by atoms with Gasteiger partial charge in [-0.05, 0) is 0 Å². The quantitative estimate of drug-likeness (QED) is 0.228. The average molecular weight is 922 g/mol. The molecule has 0 unspecified atom stereocenters. The summed E-state index contributed by atoms with van der Waals surface area (Å²) in [6.45, 7) is 39.0. The number of hydrogen-bond donors (Lipinski definition) is 0. The molecule has 0 aromatic carbocycles. The maximum atomic E-state index is 7.67. The van der Waals surface area contributed by atoms with Gasteiger partial charge in [-0.3, -0.25) is 0 Å². The minimum absolute atomic E-state index is 0.446. The van der Waals surface area contributed by atoms with E-state index in [2.05, 4.69) is 125 Å². The van der Waals surface area contributed by atoms with Crippen molar-refractivity contribution in [3.8, 4) is 0 Å². The fraction of sp³-hybridized carbons (Fsp3) is 1.00. The Morgan fingerprint density at radius 2 is 0.282 bits per heavy atom. The first-order valence-corrected chi connectivity index (χ1v) is 35.9. The molecule has 0 aliphatic carbocycles. The maximum absolute atomic E-state index is 7.67. The molecule has 0 amide bonds. The molecule has 228 valence electrons. The van der Waals surface area contributed by atoms with Gasteiger partial charge >= 0.3 is 261 Å². The third-order valence-corrected chi connectivity index (χ3v) is 93.9. The van der Waals surface area contributed by atoms with Crippen molar-refractivity contribution < 1.29 is 25.1 Å². The summed E-state index contributed by atoms with van der Waals surface area (Å²) >= 11 is -26.2. The zero-order chi connectivity index (χ0) is 30.4. The van der Waals surface area contributed by atoms with Gasteiger partial charge in [0, 0.05) is 0 Å². The monoisotopic (exact) mass is 930 g/mol. The van der Waals surface area contributed by atoms with Crippen molar-refractivity contribution in [2.24, 2.45) is 0 Å². The van der Waals surface area contributed by atoms with Crippen LogP contribution in [0.1, 0.15) is 125 Å². The summed E-state index contributed by atoms with van der Waals surface area (Å²) in [4.78, 5) is 0. The predicted molar refractivity (Wildman–Crippen MR) is 163 cm³/mol. The van der Waals surface area contributed by atoms with Crippen LogP contribution in [0, 0.1) is 0 Å². The van der Waals surface area contributed by atoms with Gasteiger partial charge in [-0.15, -0.1) is 0 Å². The van der Waals surface area contributed by atoms with Crippen LogP contribution in [0.5, 0.6) is 0 Å². The van der Waals surface area contributed by atoms with E-state index >= 15 is 0 Å². The number of rotatable bonds is 0. The Kier molecular flexibility index (Phi) is 8.24. The second kappa shape index (κ2) is 9.25. The van der Waals surface area contributed by atoms with E-state index in [0.717, 1.165) is 0 Å². The second-order valence-electron chi connectivity index (χ2n) is 17.8. The van der Waals surface area contributed by atoms with Crippen LogP contribution in [0.4, 0.5) is 0 Å². The fourth-order valence-electron chi connectivity index (χ4n) is 4.72. The molecule has 5 fully saturated rings. The van der Waals surface area contributed by atoms with E-state index in [-0.39, 0.29) is 0 Å². The van der Waals surface area contributed by atoms with Crippen molar-refractivity contribution in [1.82, 2.24) is 0 Å². The second-order valence-corrected chi connectivity index (χ2v) is 74.5. The summed E-state index contributed by atoms with van der Waals surface area (Å²) < 4.78 is 65.2. The van der Waals surface area contributed by atoms with Crippen LogP contribution in [0.25, 0.3) is 0 Å². The van der Waals surface area contributed by atoms with Crippen LogP contribution in [-0.4, -0.2) is 85.7 Å². The van der Waals surface area contributed by atoms with Gasteiger partial charge in [-0.2, -0.15) is 0 Å². The Labute approximate surface area is 258 Å². The predicted octanol–water partition coefficient (Wildman–Crippen LogP) is 7.62. The first kappa shape index (κ1) is 34.8. The normalized spacial score (nSPS) is 43.8. The van der Waals surface area contributed by atoms with Crippen molar-refractivity contribution in [3.05, 3.63) is 0 Å². The third kappa shape index (κ3) is 5.03. The Morgan fingerprint density at radius 3 is 0.333 bits per heavy atom. The van der Waals surface area contributed by atoms with Gasteiger partial charge in [0.05, 0.1) is 0 Å². The molecule has 0 atom stereocenters. The molecule has 0 saturated carbocycles. The number of hydrogen-bond acceptors (Lipinski definition) is 9. The first-order valence-electron chi connectivity index (χ1n) is 14.2. The van der Waals surface area contributed by atoms with Gasteiger partial charge < -0.3 is 0 Å². The van der Waals surface area contributed by atoms with Crippen LogP contribution in [0.15, 0.2) is 0 Å². The van der Waals surface area contributed by atoms with Gasteiger partial charge in [0.15, 0.2) is 0 Å². The van der Waals surface area contributed by atoms with Crippen LogP contribution in [0.2, 0.25) is 25.5 Å². The van der Waals surface area contributed by atoms with Crippen molar-refractivity contribution in [2.45, 2.75) is 150 Å². The Balaban J connectivity index is 2.25. The molecule has 5 rings (SSSR count). The van der Waals surface area contributed by atoms with E-state index in [1.807, 2.05) is 0 Å². The average Bonchev–Trinajstić information content (AvgIpc) is 2.60. The fourth-order valence-corrected chi connectivity index (χ4v) is 170. The zero-order valence-corrected chi connectivity index (χ0v) is 40.3. The standard InChI is InChI=1S/C24H54Ge6O9/c1-19(2,3)25-31-26(20(4,5)6)33-27(32-25,21(7,8)9)39-30(24(16,17)18)35-28(37-25,22(10,11)12)34-29(36-30,38-26)23(13,14)15/h1-18H3. The molecule has 0 aromatic rings. The van der Waals surface area contributed by atoms with Crippen LogP contribution in [-0.2, 0) is 25.1 Å². The van der Waals surface area contributed by atoms with Gasteiger partial charge in [-0.25, -0.2) is 0 Å². The van der Waals surface area contributed by atoms with E-state index in [1.165, 1.54) is 0 Å². The summed E-state index contributed by atoms with van der Waals surface area (Å²) in [6, 6.07) is 0. The molecule has 5 aliphatic heterocycles. The molecular formula is C24H54Ge6O9. The van der Waals surface area contributed by atoms with Crippen molar-refractivity contribution in [2.75, 3.05) is 0 Å². The Bertz CT molecular complexity index is 792. The summed E-state index contributed by atoms with van der Waals surface area (Å²) in [6.07, 6.45) is 0. The van der Waals surface area contributed by atoms with Crippen LogP contribution in [0.3, 0.4) is 0 Å². The van der Waals surface area contributed by atoms with Gasteiger partial charge in [0.2, 0.25) is 0 Å². The zero-order valence-electron chi connectivity index (χ0n) is 27.7. The van der Waals surface area contributed by atoms with Crippen molar-refractivity contribution in [1.29, 1.82) is 0 Å². The molecule has 15 heteroatoms. The molecule has 9 nitrogen and oxygen atoms in total. The summed E-state index contributed by atoms with van der Waals surface area (Å²) in [5.74, 6) is 0. The van der Waals surface area contributed by atoms with E-state index in [4.69, 9.17) is 25.1 Å². The summed E-state index contributed by atoms with van der Waals surface area (Å²) in [5, 5.41) is 0. The summed E-state index contributed by atoms with van der Waals surface area (Å²) in [5.41, 5.74) is 0. The van der Waals surface area contributed by atoms with Crippen LogP contribution >= 0.6 is 0 Å². The van der Waals surface area contributed by atoms with Crippen molar-refractivity contribution in [3.63, 3.8) is 0 Å². The van der Waals surface area contributed by atoms with Gasteiger partial charge in [0.25, 0.3) is 0 Å². The molecule has 5 saturated heterocycles. The molecule has 5 heterocycles. The van der Waals surface area contributed by atoms with E-state index in [1.54, 1.807) is 0 Å². The van der Waals surface area contributed by atoms with Gasteiger partial charge in [0.1, 0.15) is 0 Å². The third-order valence-electron chi connectivity index (χ3n) is 7.93. The topological polar surface area (TPSA) is 83.1 Å². The molecule has 5 aliphatic rings.